The van der Waals surface area contributed by atoms with Crippen molar-refractivity contribution >= 4 is 55.8 Å². The van der Waals surface area contributed by atoms with E-state index in [4.69, 9.17) is 11.6 Å². The minimum absolute atomic E-state index is 0.0751. The fourth-order valence-electron chi connectivity index (χ4n) is 3.86. The van der Waals surface area contributed by atoms with Crippen molar-refractivity contribution in [3.8, 4) is 0 Å². The smallest absolute Gasteiger partial charge is 0.234 e. The van der Waals surface area contributed by atoms with Gasteiger partial charge >= 0.3 is 0 Å². The number of carbonyl (C=O) groups is 2. The van der Waals surface area contributed by atoms with Crippen LogP contribution in [0, 0.1) is 11.7 Å². The Morgan fingerprint density at radius 3 is 2.76 bits per heavy atom. The number of amides is 2. The molecule has 33 heavy (non-hydrogen) atoms. The first-order valence-electron chi connectivity index (χ1n) is 10.3. The number of anilines is 2. The number of hydrogen-bond donors (Lipinski definition) is 0. The second kappa shape index (κ2) is 8.88. The molecule has 5 rings (SSSR count). The molecule has 2 amide bonds. The Labute approximate surface area is 198 Å². The van der Waals surface area contributed by atoms with E-state index in [1.807, 2.05) is 30.3 Å². The summed E-state index contributed by atoms with van der Waals surface area (Å²) in [6.45, 7) is 0.452. The van der Waals surface area contributed by atoms with E-state index in [0.29, 0.717) is 21.5 Å². The van der Waals surface area contributed by atoms with Gasteiger partial charge in [0.1, 0.15) is 5.82 Å². The van der Waals surface area contributed by atoms with Crippen LogP contribution in [0.5, 0.6) is 0 Å². The molecule has 2 aromatic carbocycles. The summed E-state index contributed by atoms with van der Waals surface area (Å²) in [6.07, 6.45) is 1.75. The fraction of sp³-hybridized carbons (Fsp3) is 0.167. The molecule has 3 heterocycles. The third kappa shape index (κ3) is 4.44. The molecule has 2 aromatic heterocycles. The van der Waals surface area contributed by atoms with Gasteiger partial charge in [0, 0.05) is 29.9 Å². The first-order valence-corrected chi connectivity index (χ1v) is 11.5. The molecule has 4 aromatic rings. The second-order valence-corrected chi connectivity index (χ2v) is 9.18. The first kappa shape index (κ1) is 21.5. The Morgan fingerprint density at radius 1 is 1.18 bits per heavy atom. The summed E-state index contributed by atoms with van der Waals surface area (Å²) in [6, 6.07) is 16.6. The van der Waals surface area contributed by atoms with Crippen LogP contribution in [0.15, 0.2) is 66.9 Å². The number of fused-ring (bicyclic) bond motifs is 1. The lowest BCUT2D eigenvalue weighted by Crippen LogP contribution is -2.37. The van der Waals surface area contributed by atoms with Crippen molar-refractivity contribution in [1.82, 2.24) is 9.97 Å². The van der Waals surface area contributed by atoms with Crippen LogP contribution in [0.2, 0.25) is 5.02 Å². The standard InChI is InChI=1S/C24H18ClFN4O2S/c25-16-4-9-20-21(12-16)33-24(28-20)30(14-18-3-1-2-10-27-18)23(32)15-11-22(31)29(13-15)19-7-5-17(26)6-8-19/h1-10,12,15H,11,13-14H2. The number of rotatable bonds is 5. The average molecular weight is 481 g/mol. The zero-order chi connectivity index (χ0) is 22.9. The van der Waals surface area contributed by atoms with Gasteiger partial charge in [0.2, 0.25) is 11.8 Å². The zero-order valence-electron chi connectivity index (χ0n) is 17.3. The molecule has 1 fully saturated rings. The van der Waals surface area contributed by atoms with E-state index in [1.165, 1.54) is 28.4 Å². The highest BCUT2D eigenvalue weighted by molar-refractivity contribution is 7.22. The van der Waals surface area contributed by atoms with Gasteiger partial charge in [-0.2, -0.15) is 0 Å². The normalized spacial score (nSPS) is 15.9. The average Bonchev–Trinajstić information content (AvgIpc) is 3.41. The molecule has 0 N–H and O–H groups in total. The molecule has 0 saturated carbocycles. The summed E-state index contributed by atoms with van der Waals surface area (Å²) in [7, 11) is 0. The lowest BCUT2D eigenvalue weighted by molar-refractivity contribution is -0.124. The van der Waals surface area contributed by atoms with Gasteiger partial charge in [-0.05, 0) is 54.6 Å². The highest BCUT2D eigenvalue weighted by Crippen LogP contribution is 2.34. The van der Waals surface area contributed by atoms with Crippen molar-refractivity contribution < 1.29 is 14.0 Å². The predicted molar refractivity (Wildman–Crippen MR) is 127 cm³/mol. The summed E-state index contributed by atoms with van der Waals surface area (Å²) in [5.41, 5.74) is 2.03. The van der Waals surface area contributed by atoms with Crippen molar-refractivity contribution in [2.75, 3.05) is 16.3 Å². The van der Waals surface area contributed by atoms with Gasteiger partial charge in [0.25, 0.3) is 0 Å². The van der Waals surface area contributed by atoms with Gasteiger partial charge in [-0.25, -0.2) is 9.37 Å². The van der Waals surface area contributed by atoms with Crippen LogP contribution in [0.25, 0.3) is 10.2 Å². The van der Waals surface area contributed by atoms with E-state index >= 15 is 0 Å². The molecule has 1 aliphatic heterocycles. The third-order valence-electron chi connectivity index (χ3n) is 5.49. The van der Waals surface area contributed by atoms with Crippen LogP contribution >= 0.6 is 22.9 Å². The van der Waals surface area contributed by atoms with Gasteiger partial charge in [-0.1, -0.05) is 29.0 Å². The maximum absolute atomic E-state index is 13.7. The Bertz CT molecular complexity index is 1330. The topological polar surface area (TPSA) is 66.4 Å². The molecule has 9 heteroatoms. The van der Waals surface area contributed by atoms with Gasteiger partial charge in [0.05, 0.1) is 28.4 Å². The van der Waals surface area contributed by atoms with Crippen LogP contribution in [0.3, 0.4) is 0 Å². The van der Waals surface area contributed by atoms with E-state index in [-0.39, 0.29) is 37.1 Å². The first-order chi connectivity index (χ1) is 16.0. The summed E-state index contributed by atoms with van der Waals surface area (Å²) >= 11 is 7.49. The number of thiazole rings is 1. The predicted octanol–water partition coefficient (Wildman–Crippen LogP) is 5.07. The molecule has 1 atom stereocenters. The molecule has 1 unspecified atom stereocenters. The number of hydrogen-bond acceptors (Lipinski definition) is 5. The maximum Gasteiger partial charge on any atom is 0.234 e. The van der Waals surface area contributed by atoms with Gasteiger partial charge in [-0.15, -0.1) is 0 Å². The second-order valence-electron chi connectivity index (χ2n) is 7.74. The Hall–Kier alpha value is -3.36. The van der Waals surface area contributed by atoms with E-state index in [2.05, 4.69) is 9.97 Å². The van der Waals surface area contributed by atoms with Crippen molar-refractivity contribution in [3.63, 3.8) is 0 Å². The number of carbonyl (C=O) groups excluding carboxylic acids is 2. The van der Waals surface area contributed by atoms with Crippen molar-refractivity contribution in [2.24, 2.45) is 5.92 Å². The Kier molecular flexibility index (Phi) is 5.78. The van der Waals surface area contributed by atoms with E-state index in [0.717, 1.165) is 10.2 Å². The van der Waals surface area contributed by atoms with Gasteiger partial charge in [0.15, 0.2) is 5.13 Å². The monoisotopic (exact) mass is 480 g/mol. The summed E-state index contributed by atoms with van der Waals surface area (Å²) in [5, 5.41) is 1.12. The summed E-state index contributed by atoms with van der Waals surface area (Å²) in [5.74, 6) is -1.31. The highest BCUT2D eigenvalue weighted by atomic mass is 35.5. The van der Waals surface area contributed by atoms with E-state index in [9.17, 15) is 14.0 Å². The van der Waals surface area contributed by atoms with Gasteiger partial charge in [-0.3, -0.25) is 19.5 Å². The lowest BCUT2D eigenvalue weighted by atomic mass is 10.1. The summed E-state index contributed by atoms with van der Waals surface area (Å²) in [4.78, 5) is 38.5. The molecule has 0 spiro atoms. The quantitative estimate of drug-likeness (QED) is 0.400. The molecule has 166 valence electrons. The SMILES string of the molecule is O=C1CC(C(=O)N(Cc2ccccn2)c2nc3ccc(Cl)cc3s2)CN1c1ccc(F)cc1. The minimum Gasteiger partial charge on any atom is -0.312 e. The van der Waals surface area contributed by atoms with E-state index < -0.39 is 5.92 Å². The molecule has 6 nitrogen and oxygen atoms in total. The number of nitrogens with zero attached hydrogens (tertiary/aromatic N) is 4. The Morgan fingerprint density at radius 2 is 2.00 bits per heavy atom. The number of pyridine rings is 1. The number of halogens is 2. The molecule has 0 radical (unpaired) electrons. The minimum atomic E-state index is -0.554. The maximum atomic E-state index is 13.7. The van der Waals surface area contributed by atoms with Crippen molar-refractivity contribution in [1.29, 1.82) is 0 Å². The lowest BCUT2D eigenvalue weighted by Gasteiger charge is -2.23. The van der Waals surface area contributed by atoms with Gasteiger partial charge < -0.3 is 4.90 Å². The molecular weight excluding hydrogens is 463 g/mol. The zero-order valence-corrected chi connectivity index (χ0v) is 18.9. The molecule has 1 aliphatic rings. The number of benzene rings is 2. The molecule has 0 bridgehead atoms. The van der Waals surface area contributed by atoms with Crippen LogP contribution in [0.4, 0.5) is 15.2 Å². The largest absolute Gasteiger partial charge is 0.312 e. The summed E-state index contributed by atoms with van der Waals surface area (Å²) < 4.78 is 14.2. The van der Waals surface area contributed by atoms with Crippen LogP contribution in [0.1, 0.15) is 12.1 Å². The number of aromatic nitrogens is 2. The molecule has 0 aliphatic carbocycles. The van der Waals surface area contributed by atoms with Crippen molar-refractivity contribution in [2.45, 2.75) is 13.0 Å². The molecule has 1 saturated heterocycles. The van der Waals surface area contributed by atoms with E-state index in [1.54, 1.807) is 29.3 Å². The van der Waals surface area contributed by atoms with Crippen LogP contribution in [-0.4, -0.2) is 28.3 Å². The third-order valence-corrected chi connectivity index (χ3v) is 6.77. The van der Waals surface area contributed by atoms with Crippen molar-refractivity contribution in [3.05, 3.63) is 83.4 Å². The molecular formula is C24H18ClFN4O2S. The highest BCUT2D eigenvalue weighted by Gasteiger charge is 2.38. The fourth-order valence-corrected chi connectivity index (χ4v) is 5.11. The van der Waals surface area contributed by atoms with Crippen LogP contribution < -0.4 is 9.80 Å². The van der Waals surface area contributed by atoms with Crippen LogP contribution in [-0.2, 0) is 16.1 Å². The Balaban J connectivity index is 1.46.